The van der Waals surface area contributed by atoms with E-state index in [4.69, 9.17) is 0 Å². The first-order valence-corrected chi connectivity index (χ1v) is 12.6. The van der Waals surface area contributed by atoms with Gasteiger partial charge in [0.15, 0.2) is 0 Å². The van der Waals surface area contributed by atoms with Gasteiger partial charge in [-0.15, -0.1) is 0 Å². The van der Waals surface area contributed by atoms with Crippen LogP contribution in [-0.4, -0.2) is 44.2 Å². The van der Waals surface area contributed by atoms with E-state index in [9.17, 15) is 18.0 Å². The fourth-order valence-corrected chi connectivity index (χ4v) is 5.14. The van der Waals surface area contributed by atoms with E-state index in [1.165, 1.54) is 4.31 Å². The normalized spacial score (nSPS) is 14.2. The summed E-state index contributed by atoms with van der Waals surface area (Å²) < 4.78 is 26.6. The van der Waals surface area contributed by atoms with Crippen molar-refractivity contribution in [3.05, 3.63) is 65.7 Å². The van der Waals surface area contributed by atoms with Crippen LogP contribution in [0.5, 0.6) is 0 Å². The third kappa shape index (κ3) is 6.90. The lowest BCUT2D eigenvalue weighted by molar-refractivity contribution is -0.121. The van der Waals surface area contributed by atoms with Crippen LogP contribution in [0.3, 0.4) is 0 Å². The van der Waals surface area contributed by atoms with Crippen molar-refractivity contribution in [3.8, 4) is 0 Å². The summed E-state index contributed by atoms with van der Waals surface area (Å²) in [6.45, 7) is 2.12. The number of carbonyl (C=O) groups excluding carboxylic acids is 2. The summed E-state index contributed by atoms with van der Waals surface area (Å²) in [5.74, 6) is -0.116. The molecule has 8 heteroatoms. The first-order chi connectivity index (χ1) is 15.5. The van der Waals surface area contributed by atoms with Crippen molar-refractivity contribution in [2.45, 2.75) is 50.0 Å². The van der Waals surface area contributed by atoms with Crippen LogP contribution >= 0.6 is 0 Å². The summed E-state index contributed by atoms with van der Waals surface area (Å²) in [7, 11) is -3.41. The maximum Gasteiger partial charge on any atom is 0.251 e. The van der Waals surface area contributed by atoms with E-state index in [-0.39, 0.29) is 11.8 Å². The Labute approximate surface area is 190 Å². The Morgan fingerprint density at radius 2 is 1.53 bits per heavy atom. The molecule has 7 nitrogen and oxygen atoms in total. The molecule has 0 aliphatic carbocycles. The van der Waals surface area contributed by atoms with Crippen LogP contribution in [-0.2, 0) is 21.4 Å². The molecule has 0 saturated carbocycles. The Bertz CT molecular complexity index is 986. The minimum absolute atomic E-state index is 0.0351. The Morgan fingerprint density at radius 1 is 0.844 bits per heavy atom. The van der Waals surface area contributed by atoms with E-state index < -0.39 is 10.0 Å². The van der Waals surface area contributed by atoms with E-state index in [0.717, 1.165) is 37.7 Å². The van der Waals surface area contributed by atoms with Gasteiger partial charge in [-0.25, -0.2) is 8.42 Å². The number of nitrogens with zero attached hydrogens (tertiary/aromatic N) is 1. The third-order valence-electron chi connectivity index (χ3n) is 5.52. The van der Waals surface area contributed by atoms with Gasteiger partial charge in [0.05, 0.1) is 4.90 Å². The van der Waals surface area contributed by atoms with Crippen LogP contribution < -0.4 is 10.6 Å². The molecule has 172 valence electrons. The van der Waals surface area contributed by atoms with E-state index in [2.05, 4.69) is 10.6 Å². The lowest BCUT2D eigenvalue weighted by Crippen LogP contribution is -2.28. The minimum atomic E-state index is -3.41. The van der Waals surface area contributed by atoms with Crippen LogP contribution in [0.25, 0.3) is 0 Å². The first-order valence-electron chi connectivity index (χ1n) is 11.2. The van der Waals surface area contributed by atoms with Crippen LogP contribution in [0.4, 0.5) is 0 Å². The Kier molecular flexibility index (Phi) is 8.81. The fraction of sp³-hybridized carbons (Fsp3) is 0.417. The summed E-state index contributed by atoms with van der Waals surface area (Å²) in [6.07, 6.45) is 4.66. The zero-order valence-electron chi connectivity index (χ0n) is 18.3. The van der Waals surface area contributed by atoms with E-state index in [1.807, 2.05) is 18.2 Å². The molecule has 1 saturated heterocycles. The maximum absolute atomic E-state index is 12.5. The highest BCUT2D eigenvalue weighted by Crippen LogP contribution is 2.21. The molecule has 0 radical (unpaired) electrons. The summed E-state index contributed by atoms with van der Waals surface area (Å²) in [5, 5.41) is 5.76. The number of rotatable bonds is 11. The monoisotopic (exact) mass is 457 g/mol. The van der Waals surface area contributed by atoms with E-state index in [0.29, 0.717) is 43.1 Å². The third-order valence-corrected chi connectivity index (χ3v) is 7.43. The summed E-state index contributed by atoms with van der Waals surface area (Å²) in [6, 6.07) is 15.8. The van der Waals surface area contributed by atoms with Crippen molar-refractivity contribution in [2.24, 2.45) is 0 Å². The van der Waals surface area contributed by atoms with Crippen molar-refractivity contribution in [2.75, 3.05) is 19.6 Å². The Balaban J connectivity index is 1.30. The van der Waals surface area contributed by atoms with Gasteiger partial charge in [0.25, 0.3) is 5.91 Å². The van der Waals surface area contributed by atoms with E-state index in [1.54, 1.807) is 36.4 Å². The second-order valence-electron chi connectivity index (χ2n) is 7.96. The van der Waals surface area contributed by atoms with Crippen LogP contribution in [0, 0.1) is 0 Å². The predicted molar refractivity (Wildman–Crippen MR) is 124 cm³/mol. The summed E-state index contributed by atoms with van der Waals surface area (Å²) in [5.41, 5.74) is 1.51. The van der Waals surface area contributed by atoms with Gasteiger partial charge in [-0.2, -0.15) is 4.31 Å². The maximum atomic E-state index is 12.5. The SMILES string of the molecule is O=C(CCCCCNC(=O)c1ccccc1)NCc1ccc(S(=O)(=O)N2CCCC2)cc1. The number of carbonyl (C=O) groups is 2. The minimum Gasteiger partial charge on any atom is -0.352 e. The van der Waals surface area contributed by atoms with Crippen molar-refractivity contribution >= 4 is 21.8 Å². The zero-order valence-corrected chi connectivity index (χ0v) is 19.1. The Hall–Kier alpha value is -2.71. The molecular weight excluding hydrogens is 426 g/mol. The molecule has 2 N–H and O–H groups in total. The van der Waals surface area contributed by atoms with Gasteiger partial charge in [-0.05, 0) is 55.5 Å². The number of benzene rings is 2. The van der Waals surface area contributed by atoms with Gasteiger partial charge in [0.2, 0.25) is 15.9 Å². The molecule has 1 heterocycles. The highest BCUT2D eigenvalue weighted by Gasteiger charge is 2.26. The van der Waals surface area contributed by atoms with Crippen LogP contribution in [0.15, 0.2) is 59.5 Å². The Morgan fingerprint density at radius 3 is 2.22 bits per heavy atom. The molecule has 1 fully saturated rings. The van der Waals surface area contributed by atoms with Gasteiger partial charge < -0.3 is 10.6 Å². The van der Waals surface area contributed by atoms with Crippen molar-refractivity contribution < 1.29 is 18.0 Å². The average molecular weight is 458 g/mol. The number of sulfonamides is 1. The van der Waals surface area contributed by atoms with Crippen molar-refractivity contribution in [3.63, 3.8) is 0 Å². The second kappa shape index (κ2) is 11.8. The molecule has 2 aromatic carbocycles. The smallest absolute Gasteiger partial charge is 0.251 e. The molecule has 1 aliphatic rings. The van der Waals surface area contributed by atoms with Gasteiger partial charge in [-0.3, -0.25) is 9.59 Å². The summed E-state index contributed by atoms with van der Waals surface area (Å²) in [4.78, 5) is 24.3. The lowest BCUT2D eigenvalue weighted by atomic mass is 10.1. The molecule has 1 aliphatic heterocycles. The standard InChI is InChI=1S/C24H31N3O4S/c28-23(11-5-2-6-16-25-24(29)21-9-3-1-4-10-21)26-19-20-12-14-22(15-13-20)32(30,31)27-17-7-8-18-27/h1,3-4,9-10,12-15H,2,5-8,11,16-19H2,(H,25,29)(H,26,28). The summed E-state index contributed by atoms with van der Waals surface area (Å²) >= 11 is 0. The number of hydrogen-bond acceptors (Lipinski definition) is 4. The highest BCUT2D eigenvalue weighted by molar-refractivity contribution is 7.89. The average Bonchev–Trinajstić information content (AvgIpc) is 3.37. The molecule has 0 atom stereocenters. The zero-order chi connectivity index (χ0) is 22.8. The van der Waals surface area contributed by atoms with Gasteiger partial charge >= 0.3 is 0 Å². The molecule has 3 rings (SSSR count). The predicted octanol–water partition coefficient (Wildman–Crippen LogP) is 3.08. The van der Waals surface area contributed by atoms with Crippen molar-refractivity contribution in [1.82, 2.24) is 14.9 Å². The van der Waals surface area contributed by atoms with Gasteiger partial charge in [-0.1, -0.05) is 36.8 Å². The number of unbranched alkanes of at least 4 members (excludes halogenated alkanes) is 2. The molecule has 32 heavy (non-hydrogen) atoms. The number of hydrogen-bond donors (Lipinski definition) is 2. The lowest BCUT2D eigenvalue weighted by Gasteiger charge is -2.15. The van der Waals surface area contributed by atoms with Crippen LogP contribution in [0.2, 0.25) is 0 Å². The fourth-order valence-electron chi connectivity index (χ4n) is 3.63. The van der Waals surface area contributed by atoms with Crippen molar-refractivity contribution in [1.29, 1.82) is 0 Å². The topological polar surface area (TPSA) is 95.6 Å². The quantitative estimate of drug-likeness (QED) is 0.507. The molecule has 2 aromatic rings. The molecule has 0 spiro atoms. The highest BCUT2D eigenvalue weighted by atomic mass is 32.2. The number of amides is 2. The van der Waals surface area contributed by atoms with Crippen LogP contribution in [0.1, 0.15) is 54.4 Å². The molecular formula is C24H31N3O4S. The molecule has 2 amide bonds. The molecule has 0 bridgehead atoms. The van der Waals surface area contributed by atoms with Gasteiger partial charge in [0, 0.05) is 38.2 Å². The largest absolute Gasteiger partial charge is 0.352 e. The first kappa shape index (κ1) is 23.9. The van der Waals surface area contributed by atoms with E-state index >= 15 is 0 Å². The molecule has 0 aromatic heterocycles. The second-order valence-corrected chi connectivity index (χ2v) is 9.90. The number of nitrogens with one attached hydrogen (secondary N) is 2. The molecule has 0 unspecified atom stereocenters. The van der Waals surface area contributed by atoms with Gasteiger partial charge in [0.1, 0.15) is 0 Å².